The number of hydrogen-bond acceptors (Lipinski definition) is 5. The van der Waals surface area contributed by atoms with Crippen LogP contribution in [-0.4, -0.2) is 24.5 Å². The Labute approximate surface area is 287 Å². The summed E-state index contributed by atoms with van der Waals surface area (Å²) in [5.41, 5.74) is 8.39. The quantitative estimate of drug-likeness (QED) is 0.187. The zero-order valence-corrected chi connectivity index (χ0v) is 26.7. The molecule has 0 fully saturated rings. The molecule has 0 saturated carbocycles. The van der Waals surface area contributed by atoms with Crippen LogP contribution in [0.5, 0.6) is 0 Å². The minimum absolute atomic E-state index is 0.563. The molecule has 0 aliphatic rings. The molecule has 0 atom stereocenters. The number of fused-ring (bicyclic) bond motifs is 6. The van der Waals surface area contributed by atoms with Gasteiger partial charge in [0, 0.05) is 44.1 Å². The number of oxazole rings is 1. The minimum Gasteiger partial charge on any atom is -0.435 e. The van der Waals surface area contributed by atoms with Gasteiger partial charge in [0.25, 0.3) is 0 Å². The Hall–Kier alpha value is -6.92. The van der Waals surface area contributed by atoms with Crippen LogP contribution in [0.15, 0.2) is 168 Å². The van der Waals surface area contributed by atoms with Crippen molar-refractivity contribution in [2.75, 3.05) is 0 Å². The van der Waals surface area contributed by atoms with E-state index in [-0.39, 0.29) is 0 Å². The van der Waals surface area contributed by atoms with E-state index in [1.165, 1.54) is 10.8 Å². The summed E-state index contributed by atoms with van der Waals surface area (Å²) in [6.45, 7) is 0. The van der Waals surface area contributed by atoms with Crippen molar-refractivity contribution in [1.82, 2.24) is 24.5 Å². The molecule has 0 unspecified atom stereocenters. The molecule has 6 nitrogen and oxygen atoms in total. The molecular weight excluding hydrogens is 615 g/mol. The zero-order chi connectivity index (χ0) is 33.0. The second kappa shape index (κ2) is 11.4. The summed E-state index contributed by atoms with van der Waals surface area (Å²) in [6, 6.07) is 55.8. The number of aromatic nitrogens is 5. The lowest BCUT2D eigenvalue weighted by Gasteiger charge is -2.11. The van der Waals surface area contributed by atoms with Crippen LogP contribution in [0.1, 0.15) is 0 Å². The SMILES string of the molecule is c1ccc(-c2nc(-c3ccc4c5ccccc5n(-c5ccccc5)c4c3)nc(-c3cccc4ccc5nc(-c6ccccc6)oc5c34)n2)cc1. The van der Waals surface area contributed by atoms with Crippen LogP contribution in [0.2, 0.25) is 0 Å². The summed E-state index contributed by atoms with van der Waals surface area (Å²) >= 11 is 0. The monoisotopic (exact) mass is 641 g/mol. The lowest BCUT2D eigenvalue weighted by atomic mass is 10.0. The van der Waals surface area contributed by atoms with Crippen molar-refractivity contribution in [2.45, 2.75) is 0 Å². The molecule has 234 valence electrons. The highest BCUT2D eigenvalue weighted by molar-refractivity contribution is 6.11. The molecule has 10 aromatic rings. The standard InChI is InChI=1S/C44H27N5O/c1-4-13-29(14-5-1)41-46-42(31-23-25-34-33-20-10-11-22-37(33)49(38(34)27-31)32-18-8-3-9-19-32)48-43(47-41)35-21-12-17-28-24-26-36-40(39(28)35)50-44(45-36)30-15-6-2-7-16-30/h1-27H. The van der Waals surface area contributed by atoms with E-state index in [0.717, 1.165) is 55.3 Å². The number of rotatable bonds is 5. The number of nitrogens with zero attached hydrogens (tertiary/aromatic N) is 5. The van der Waals surface area contributed by atoms with Crippen molar-refractivity contribution in [3.8, 4) is 51.3 Å². The van der Waals surface area contributed by atoms with E-state index < -0.39 is 0 Å². The van der Waals surface area contributed by atoms with Gasteiger partial charge in [-0.2, -0.15) is 0 Å². The summed E-state index contributed by atoms with van der Waals surface area (Å²) in [7, 11) is 0. The fourth-order valence-corrected chi connectivity index (χ4v) is 6.95. The van der Waals surface area contributed by atoms with Gasteiger partial charge < -0.3 is 8.98 Å². The third kappa shape index (κ3) is 4.58. The Morgan fingerprint density at radius 3 is 1.90 bits per heavy atom. The maximum atomic E-state index is 6.51. The van der Waals surface area contributed by atoms with E-state index in [0.29, 0.717) is 28.9 Å². The average molecular weight is 642 g/mol. The lowest BCUT2D eigenvalue weighted by molar-refractivity contribution is 0.623. The van der Waals surface area contributed by atoms with Crippen LogP contribution >= 0.6 is 0 Å². The molecule has 7 aromatic carbocycles. The van der Waals surface area contributed by atoms with E-state index in [1.807, 2.05) is 78.9 Å². The van der Waals surface area contributed by atoms with Crippen LogP contribution in [0.3, 0.4) is 0 Å². The second-order valence-corrected chi connectivity index (χ2v) is 12.3. The molecule has 0 bridgehead atoms. The molecule has 0 amide bonds. The van der Waals surface area contributed by atoms with Crippen LogP contribution in [0.4, 0.5) is 0 Å². The topological polar surface area (TPSA) is 69.6 Å². The molecule has 50 heavy (non-hydrogen) atoms. The molecule has 0 spiro atoms. The first-order chi connectivity index (χ1) is 24.8. The largest absolute Gasteiger partial charge is 0.435 e. The van der Waals surface area contributed by atoms with Crippen molar-refractivity contribution >= 4 is 43.7 Å². The van der Waals surface area contributed by atoms with Gasteiger partial charge in [-0.25, -0.2) is 19.9 Å². The predicted octanol–water partition coefficient (Wildman–Crippen LogP) is 10.9. The van der Waals surface area contributed by atoms with Crippen molar-refractivity contribution in [3.05, 3.63) is 164 Å². The highest BCUT2D eigenvalue weighted by atomic mass is 16.3. The van der Waals surface area contributed by atoms with Gasteiger partial charge in [-0.3, -0.25) is 0 Å². The van der Waals surface area contributed by atoms with Crippen LogP contribution in [0, 0.1) is 0 Å². The summed E-state index contributed by atoms with van der Waals surface area (Å²) < 4.78 is 8.82. The van der Waals surface area contributed by atoms with Crippen molar-refractivity contribution < 1.29 is 4.42 Å². The summed E-state index contributed by atoms with van der Waals surface area (Å²) in [5, 5.41) is 4.29. The van der Waals surface area contributed by atoms with Gasteiger partial charge in [-0.15, -0.1) is 0 Å². The molecule has 0 aliphatic carbocycles. The van der Waals surface area contributed by atoms with E-state index >= 15 is 0 Å². The molecule has 6 heteroatoms. The Morgan fingerprint density at radius 1 is 0.440 bits per heavy atom. The highest BCUT2D eigenvalue weighted by Gasteiger charge is 2.20. The third-order valence-electron chi connectivity index (χ3n) is 9.27. The van der Waals surface area contributed by atoms with E-state index in [2.05, 4.69) is 89.5 Å². The van der Waals surface area contributed by atoms with Gasteiger partial charge in [0.15, 0.2) is 23.1 Å². The highest BCUT2D eigenvalue weighted by Crippen LogP contribution is 2.38. The molecule has 10 rings (SSSR count). The number of para-hydroxylation sites is 2. The van der Waals surface area contributed by atoms with Crippen molar-refractivity contribution in [2.24, 2.45) is 0 Å². The van der Waals surface area contributed by atoms with E-state index in [4.69, 9.17) is 24.4 Å². The summed E-state index contributed by atoms with van der Waals surface area (Å²) in [4.78, 5) is 20.2. The van der Waals surface area contributed by atoms with Gasteiger partial charge in [-0.1, -0.05) is 121 Å². The smallest absolute Gasteiger partial charge is 0.227 e. The Kier molecular flexibility index (Phi) is 6.39. The Balaban J connectivity index is 1.22. The van der Waals surface area contributed by atoms with Crippen LogP contribution in [0.25, 0.3) is 95.0 Å². The minimum atomic E-state index is 0.563. The predicted molar refractivity (Wildman–Crippen MR) is 201 cm³/mol. The number of benzene rings is 7. The second-order valence-electron chi connectivity index (χ2n) is 12.3. The van der Waals surface area contributed by atoms with E-state index in [9.17, 15) is 0 Å². The maximum absolute atomic E-state index is 6.51. The molecule has 0 N–H and O–H groups in total. The van der Waals surface area contributed by atoms with Crippen molar-refractivity contribution in [1.29, 1.82) is 0 Å². The molecule has 0 saturated heterocycles. The van der Waals surface area contributed by atoms with Crippen LogP contribution in [-0.2, 0) is 0 Å². The lowest BCUT2D eigenvalue weighted by Crippen LogP contribution is -2.01. The maximum Gasteiger partial charge on any atom is 0.227 e. The summed E-state index contributed by atoms with van der Waals surface area (Å²) in [5.74, 6) is 2.33. The third-order valence-corrected chi connectivity index (χ3v) is 9.27. The van der Waals surface area contributed by atoms with E-state index in [1.54, 1.807) is 0 Å². The molecule has 0 aliphatic heterocycles. The van der Waals surface area contributed by atoms with Gasteiger partial charge in [-0.05, 0) is 47.9 Å². The zero-order valence-electron chi connectivity index (χ0n) is 26.7. The van der Waals surface area contributed by atoms with Gasteiger partial charge in [0.2, 0.25) is 5.89 Å². The fourth-order valence-electron chi connectivity index (χ4n) is 6.95. The average Bonchev–Trinajstić information content (AvgIpc) is 3.78. The van der Waals surface area contributed by atoms with Gasteiger partial charge in [0.05, 0.1) is 11.0 Å². The first-order valence-corrected chi connectivity index (χ1v) is 16.6. The van der Waals surface area contributed by atoms with Gasteiger partial charge >= 0.3 is 0 Å². The fraction of sp³-hybridized carbons (Fsp3) is 0. The van der Waals surface area contributed by atoms with Crippen LogP contribution < -0.4 is 0 Å². The first kappa shape index (κ1) is 28.1. The molecule has 3 aromatic heterocycles. The Bertz CT molecular complexity index is 2860. The van der Waals surface area contributed by atoms with Crippen molar-refractivity contribution in [3.63, 3.8) is 0 Å². The molecule has 3 heterocycles. The Morgan fingerprint density at radius 2 is 1.10 bits per heavy atom. The summed E-state index contributed by atoms with van der Waals surface area (Å²) in [6.07, 6.45) is 0. The van der Waals surface area contributed by atoms with Gasteiger partial charge in [0.1, 0.15) is 5.52 Å². The molecule has 0 radical (unpaired) electrons. The molecular formula is C44H27N5O. The normalized spacial score (nSPS) is 11.6. The number of hydrogen-bond donors (Lipinski definition) is 0. The first-order valence-electron chi connectivity index (χ1n) is 16.6.